The lowest BCUT2D eigenvalue weighted by Gasteiger charge is -2.12. The molecule has 0 unspecified atom stereocenters. The van der Waals surface area contributed by atoms with Gasteiger partial charge in [-0.3, -0.25) is 0 Å². The summed E-state index contributed by atoms with van der Waals surface area (Å²) in [4.78, 5) is 4.73. The number of benzene rings is 2. The molecule has 0 atom stereocenters. The van der Waals surface area contributed by atoms with Crippen molar-refractivity contribution in [3.05, 3.63) is 48.0 Å². The van der Waals surface area contributed by atoms with E-state index in [4.69, 9.17) is 9.73 Å². The fraction of sp³-hybridized carbons (Fsp3) is 0.450. The van der Waals surface area contributed by atoms with Crippen molar-refractivity contribution in [2.45, 2.75) is 33.2 Å². The Hall–Kier alpha value is -2.07. The number of hydrogen-bond acceptors (Lipinski definition) is 2. The zero-order valence-electron chi connectivity index (χ0n) is 14.8. The second-order valence-corrected chi connectivity index (χ2v) is 5.66. The average Bonchev–Trinajstić information content (AvgIpc) is 2.62. The molecule has 0 aromatic heterocycles. The highest BCUT2D eigenvalue weighted by atomic mass is 16.5. The van der Waals surface area contributed by atoms with E-state index < -0.39 is 0 Å². The lowest BCUT2D eigenvalue weighted by Crippen LogP contribution is -2.37. The minimum atomic E-state index is 0.676. The maximum atomic E-state index is 5.36. The van der Waals surface area contributed by atoms with Crippen molar-refractivity contribution >= 4 is 16.7 Å². The van der Waals surface area contributed by atoms with Crippen molar-refractivity contribution in [2.75, 3.05) is 26.3 Å². The number of rotatable bonds is 9. The molecule has 2 aromatic carbocycles. The van der Waals surface area contributed by atoms with E-state index in [0.717, 1.165) is 45.1 Å². The van der Waals surface area contributed by atoms with Crippen LogP contribution < -0.4 is 10.6 Å². The topological polar surface area (TPSA) is 45.7 Å². The Morgan fingerprint density at radius 1 is 1.00 bits per heavy atom. The molecular formula is C20H29N3O. The van der Waals surface area contributed by atoms with Gasteiger partial charge in [0.15, 0.2) is 5.96 Å². The summed E-state index contributed by atoms with van der Waals surface area (Å²) in [6.45, 7) is 8.19. The smallest absolute Gasteiger partial charge is 0.191 e. The van der Waals surface area contributed by atoms with E-state index >= 15 is 0 Å². The third-order valence-corrected chi connectivity index (χ3v) is 3.84. The quantitative estimate of drug-likeness (QED) is 0.419. The van der Waals surface area contributed by atoms with Gasteiger partial charge in [0.1, 0.15) is 0 Å². The van der Waals surface area contributed by atoms with Gasteiger partial charge in [-0.25, -0.2) is 4.99 Å². The summed E-state index contributed by atoms with van der Waals surface area (Å²) in [5.41, 5.74) is 1.25. The SMILES string of the molecule is CCNC(=NCc1cccc2ccccc12)NCCCCOCC. The number of guanidine groups is 1. The fourth-order valence-corrected chi connectivity index (χ4v) is 2.62. The summed E-state index contributed by atoms with van der Waals surface area (Å²) in [5, 5.41) is 9.25. The summed E-state index contributed by atoms with van der Waals surface area (Å²) in [5.74, 6) is 0.877. The summed E-state index contributed by atoms with van der Waals surface area (Å²) in [6.07, 6.45) is 2.16. The van der Waals surface area contributed by atoms with Gasteiger partial charge in [0.2, 0.25) is 0 Å². The molecule has 0 aliphatic carbocycles. The van der Waals surface area contributed by atoms with Crippen LogP contribution in [0.2, 0.25) is 0 Å². The Balaban J connectivity index is 1.92. The molecule has 0 aliphatic heterocycles. The Kier molecular flexibility index (Phi) is 8.11. The molecule has 0 heterocycles. The number of aliphatic imine (C=N–C) groups is 1. The normalized spacial score (nSPS) is 11.7. The van der Waals surface area contributed by atoms with Crippen LogP contribution in [0.3, 0.4) is 0 Å². The minimum Gasteiger partial charge on any atom is -0.382 e. The van der Waals surface area contributed by atoms with Crippen molar-refractivity contribution in [1.82, 2.24) is 10.6 Å². The standard InChI is InChI=1S/C20H29N3O/c1-3-21-20(22-14-7-8-15-24-4-2)23-16-18-12-9-11-17-10-5-6-13-19(17)18/h5-6,9-13H,3-4,7-8,14-16H2,1-2H3,(H2,21,22,23). The summed E-state index contributed by atoms with van der Waals surface area (Å²) in [7, 11) is 0. The lowest BCUT2D eigenvalue weighted by molar-refractivity contribution is 0.143. The Bertz CT molecular complexity index is 634. The molecule has 4 heteroatoms. The van der Waals surface area contributed by atoms with E-state index in [2.05, 4.69) is 60.0 Å². The van der Waals surface area contributed by atoms with E-state index in [9.17, 15) is 0 Å². The highest BCUT2D eigenvalue weighted by Crippen LogP contribution is 2.18. The number of nitrogens with one attached hydrogen (secondary N) is 2. The number of hydrogen-bond donors (Lipinski definition) is 2. The maximum absolute atomic E-state index is 5.36. The Morgan fingerprint density at radius 2 is 1.83 bits per heavy atom. The van der Waals surface area contributed by atoms with Gasteiger partial charge < -0.3 is 15.4 Å². The second kappa shape index (κ2) is 10.7. The van der Waals surface area contributed by atoms with Crippen molar-refractivity contribution in [3.63, 3.8) is 0 Å². The molecular weight excluding hydrogens is 298 g/mol. The number of nitrogens with zero attached hydrogens (tertiary/aromatic N) is 1. The minimum absolute atomic E-state index is 0.676. The van der Waals surface area contributed by atoms with Gasteiger partial charge in [-0.15, -0.1) is 0 Å². The summed E-state index contributed by atoms with van der Waals surface area (Å²) < 4.78 is 5.36. The molecule has 0 aliphatic rings. The van der Waals surface area contributed by atoms with Crippen molar-refractivity contribution in [2.24, 2.45) is 4.99 Å². The predicted octanol–water partition coefficient (Wildman–Crippen LogP) is 3.71. The first-order chi connectivity index (χ1) is 11.8. The largest absolute Gasteiger partial charge is 0.382 e. The molecule has 0 saturated carbocycles. The third kappa shape index (κ3) is 5.85. The van der Waals surface area contributed by atoms with Crippen LogP contribution in [0.15, 0.2) is 47.5 Å². The van der Waals surface area contributed by atoms with Gasteiger partial charge in [-0.05, 0) is 43.0 Å². The highest BCUT2D eigenvalue weighted by Gasteiger charge is 2.01. The van der Waals surface area contributed by atoms with Crippen LogP contribution >= 0.6 is 0 Å². The Labute approximate surface area is 145 Å². The van der Waals surface area contributed by atoms with Crippen LogP contribution in [0.25, 0.3) is 10.8 Å². The van der Waals surface area contributed by atoms with Crippen LogP contribution in [0.5, 0.6) is 0 Å². The van der Waals surface area contributed by atoms with Crippen molar-refractivity contribution in [3.8, 4) is 0 Å². The van der Waals surface area contributed by atoms with Gasteiger partial charge in [-0.1, -0.05) is 42.5 Å². The summed E-state index contributed by atoms with van der Waals surface area (Å²) >= 11 is 0. The third-order valence-electron chi connectivity index (χ3n) is 3.84. The van der Waals surface area contributed by atoms with E-state index in [1.54, 1.807) is 0 Å². The van der Waals surface area contributed by atoms with Crippen molar-refractivity contribution < 1.29 is 4.74 Å². The lowest BCUT2D eigenvalue weighted by atomic mass is 10.1. The van der Waals surface area contributed by atoms with Crippen molar-refractivity contribution in [1.29, 1.82) is 0 Å². The fourth-order valence-electron chi connectivity index (χ4n) is 2.62. The van der Waals surface area contributed by atoms with Crippen LogP contribution in [0.4, 0.5) is 0 Å². The second-order valence-electron chi connectivity index (χ2n) is 5.66. The first-order valence-corrected chi connectivity index (χ1v) is 8.91. The van der Waals surface area contributed by atoms with E-state index in [-0.39, 0.29) is 0 Å². The number of ether oxygens (including phenoxy) is 1. The van der Waals surface area contributed by atoms with Gasteiger partial charge >= 0.3 is 0 Å². The average molecular weight is 327 g/mol. The van der Waals surface area contributed by atoms with E-state index in [1.165, 1.54) is 16.3 Å². The monoisotopic (exact) mass is 327 g/mol. The molecule has 2 N–H and O–H groups in total. The van der Waals surface area contributed by atoms with Crippen LogP contribution in [-0.4, -0.2) is 32.3 Å². The Morgan fingerprint density at radius 3 is 2.67 bits per heavy atom. The molecule has 0 amide bonds. The molecule has 2 rings (SSSR count). The van der Waals surface area contributed by atoms with Crippen LogP contribution in [0.1, 0.15) is 32.3 Å². The molecule has 0 spiro atoms. The molecule has 0 saturated heterocycles. The van der Waals surface area contributed by atoms with Crippen LogP contribution in [-0.2, 0) is 11.3 Å². The maximum Gasteiger partial charge on any atom is 0.191 e. The van der Waals surface area contributed by atoms with Gasteiger partial charge in [0.25, 0.3) is 0 Å². The first-order valence-electron chi connectivity index (χ1n) is 8.91. The zero-order valence-corrected chi connectivity index (χ0v) is 14.8. The van der Waals surface area contributed by atoms with Crippen LogP contribution in [0, 0.1) is 0 Å². The predicted molar refractivity (Wildman–Crippen MR) is 102 cm³/mol. The number of unbranched alkanes of at least 4 members (excludes halogenated alkanes) is 1. The highest BCUT2D eigenvalue weighted by molar-refractivity contribution is 5.86. The first kappa shape index (κ1) is 18.3. The molecule has 0 bridgehead atoms. The van der Waals surface area contributed by atoms with Gasteiger partial charge in [0, 0.05) is 26.3 Å². The van der Waals surface area contributed by atoms with E-state index in [1.807, 2.05) is 6.92 Å². The van der Waals surface area contributed by atoms with E-state index in [0.29, 0.717) is 6.54 Å². The molecule has 0 radical (unpaired) electrons. The molecule has 4 nitrogen and oxygen atoms in total. The molecule has 130 valence electrons. The molecule has 0 fully saturated rings. The molecule has 24 heavy (non-hydrogen) atoms. The number of fused-ring (bicyclic) bond motifs is 1. The summed E-state index contributed by atoms with van der Waals surface area (Å²) in [6, 6.07) is 14.8. The van der Waals surface area contributed by atoms with Gasteiger partial charge in [-0.2, -0.15) is 0 Å². The molecule has 2 aromatic rings. The zero-order chi connectivity index (χ0) is 17.0. The van der Waals surface area contributed by atoms with Gasteiger partial charge in [0.05, 0.1) is 6.54 Å².